The van der Waals surface area contributed by atoms with Crippen molar-refractivity contribution in [3.8, 4) is 11.1 Å². The highest BCUT2D eigenvalue weighted by atomic mass is 16.3. The average Bonchev–Trinajstić information content (AvgIpc) is 3.63. The molecule has 0 N–H and O–H groups in total. The van der Waals surface area contributed by atoms with Gasteiger partial charge in [0.2, 0.25) is 0 Å². The third-order valence-electron chi connectivity index (χ3n) is 12.4. The average molecular weight is 791 g/mol. The van der Waals surface area contributed by atoms with Crippen molar-refractivity contribution < 1.29 is 4.42 Å². The summed E-state index contributed by atoms with van der Waals surface area (Å²) in [6, 6.07) is 66.5. The number of fused-ring (bicyclic) bond motifs is 5. The van der Waals surface area contributed by atoms with Gasteiger partial charge in [-0.1, -0.05) is 131 Å². The van der Waals surface area contributed by atoms with Crippen molar-refractivity contribution in [1.82, 2.24) is 0 Å². The fourth-order valence-electron chi connectivity index (χ4n) is 9.18. The Kier molecular flexibility index (Phi) is 9.68. The van der Waals surface area contributed by atoms with Crippen molar-refractivity contribution in [3.63, 3.8) is 0 Å². The highest BCUT2D eigenvalue weighted by molar-refractivity contribution is 6.11. The minimum absolute atomic E-state index is 0.379. The van der Waals surface area contributed by atoms with E-state index in [-0.39, 0.29) is 0 Å². The predicted molar refractivity (Wildman–Crippen MR) is 261 cm³/mol. The van der Waals surface area contributed by atoms with Gasteiger partial charge in [0.1, 0.15) is 11.2 Å². The molecule has 10 rings (SSSR count). The lowest BCUT2D eigenvalue weighted by Gasteiger charge is -2.30. The van der Waals surface area contributed by atoms with Crippen LogP contribution in [-0.2, 0) is 0 Å². The molecule has 1 aromatic heterocycles. The molecule has 0 atom stereocenters. The quantitative estimate of drug-likeness (QED) is 0.145. The van der Waals surface area contributed by atoms with E-state index in [1.165, 1.54) is 61.2 Å². The number of nitrogens with zero attached hydrogens (tertiary/aromatic N) is 2. The largest absolute Gasteiger partial charge is 0.456 e. The third-order valence-corrected chi connectivity index (χ3v) is 12.4. The molecule has 0 aliphatic rings. The highest BCUT2D eigenvalue weighted by Gasteiger charge is 2.21. The van der Waals surface area contributed by atoms with E-state index < -0.39 is 0 Å². The van der Waals surface area contributed by atoms with Gasteiger partial charge in [0.25, 0.3) is 0 Å². The lowest BCUT2D eigenvalue weighted by Crippen LogP contribution is -2.13. The molecule has 3 heteroatoms. The Balaban J connectivity index is 1.02. The smallest absolute Gasteiger partial charge is 0.136 e. The van der Waals surface area contributed by atoms with Crippen LogP contribution in [0.5, 0.6) is 0 Å². The van der Waals surface area contributed by atoms with Gasteiger partial charge in [0.15, 0.2) is 0 Å². The van der Waals surface area contributed by atoms with E-state index in [2.05, 4.69) is 233 Å². The number of hydrogen-bond acceptors (Lipinski definition) is 3. The Morgan fingerprint density at radius 1 is 0.361 bits per heavy atom. The maximum atomic E-state index is 6.69. The number of benzene rings is 9. The first-order valence-electron chi connectivity index (χ1n) is 21.6. The molecule has 1 heterocycles. The second-order valence-electron chi connectivity index (χ2n) is 17.1. The summed E-state index contributed by atoms with van der Waals surface area (Å²) in [6.45, 7) is 13.5. The fourth-order valence-corrected chi connectivity index (χ4v) is 9.18. The number of aryl methyl sites for hydroxylation is 2. The summed E-state index contributed by atoms with van der Waals surface area (Å²) in [4.78, 5) is 4.83. The van der Waals surface area contributed by atoms with Gasteiger partial charge in [0, 0.05) is 44.9 Å². The molecule has 0 saturated carbocycles. The standard InChI is InChI=1S/C58H50N2O/c1-37(2)49-17-9-13-21-55(49)59(53-19-11-7-15-39(53)5)47-28-25-42-31-41(23-24-43(42)32-47)45-27-30-51-52-34-44-26-29-48(33-46(44)36-58(52)61-57(51)35-45)60(54-20-12-8-16-40(54)6)56-22-14-10-18-50(56)38(3)4/h7-38H,1-6H3. The van der Waals surface area contributed by atoms with Gasteiger partial charge in [0.05, 0.1) is 0 Å². The molecule has 10 aromatic rings. The SMILES string of the molecule is Cc1ccccc1N(c1ccc2cc(-c3ccc4c(c3)oc3cc5cc(N(c6ccccc6C)c6ccccc6C(C)C)ccc5cc34)ccc2c1)c1ccccc1C(C)C. The van der Waals surface area contributed by atoms with Crippen molar-refractivity contribution in [2.24, 2.45) is 0 Å². The van der Waals surface area contributed by atoms with Crippen LogP contribution in [0, 0.1) is 13.8 Å². The van der Waals surface area contributed by atoms with Crippen LogP contribution in [-0.4, -0.2) is 0 Å². The lowest BCUT2D eigenvalue weighted by atomic mass is 9.97. The number of hydrogen-bond donors (Lipinski definition) is 0. The van der Waals surface area contributed by atoms with Gasteiger partial charge in [-0.25, -0.2) is 0 Å². The van der Waals surface area contributed by atoms with Crippen LogP contribution in [0.2, 0.25) is 0 Å². The predicted octanol–water partition coefficient (Wildman–Crippen LogP) is 17.4. The summed E-state index contributed by atoms with van der Waals surface area (Å²) in [5.41, 5.74) is 16.3. The minimum atomic E-state index is 0.379. The number of anilines is 6. The normalized spacial score (nSPS) is 11.7. The van der Waals surface area contributed by atoms with Gasteiger partial charge in [-0.15, -0.1) is 0 Å². The van der Waals surface area contributed by atoms with Gasteiger partial charge in [-0.3, -0.25) is 0 Å². The van der Waals surface area contributed by atoms with Gasteiger partial charge < -0.3 is 14.2 Å². The fraction of sp³-hybridized carbons (Fsp3) is 0.138. The number of para-hydroxylation sites is 4. The Bertz CT molecular complexity index is 3260. The molecule has 3 nitrogen and oxygen atoms in total. The van der Waals surface area contributed by atoms with Crippen molar-refractivity contribution in [2.45, 2.75) is 53.4 Å². The van der Waals surface area contributed by atoms with E-state index in [9.17, 15) is 0 Å². The zero-order valence-corrected chi connectivity index (χ0v) is 35.8. The highest BCUT2D eigenvalue weighted by Crippen LogP contribution is 2.44. The van der Waals surface area contributed by atoms with E-state index in [1.807, 2.05) is 0 Å². The molecule has 0 amide bonds. The zero-order valence-electron chi connectivity index (χ0n) is 35.8. The van der Waals surface area contributed by atoms with E-state index in [1.54, 1.807) is 0 Å². The first-order chi connectivity index (χ1) is 29.7. The summed E-state index contributed by atoms with van der Waals surface area (Å²) in [7, 11) is 0. The third kappa shape index (κ3) is 6.90. The van der Waals surface area contributed by atoms with Crippen LogP contribution in [0.25, 0.3) is 54.6 Å². The van der Waals surface area contributed by atoms with Crippen LogP contribution >= 0.6 is 0 Å². The maximum absolute atomic E-state index is 6.69. The molecule has 0 spiro atoms. The Hall–Kier alpha value is -7.10. The van der Waals surface area contributed by atoms with Crippen molar-refractivity contribution in [1.29, 1.82) is 0 Å². The van der Waals surface area contributed by atoms with Gasteiger partial charge in [-0.2, -0.15) is 0 Å². The molecule has 0 bridgehead atoms. The molecule has 0 fully saturated rings. The van der Waals surface area contributed by atoms with Crippen LogP contribution in [0.15, 0.2) is 186 Å². The Morgan fingerprint density at radius 2 is 0.803 bits per heavy atom. The molecule has 9 aromatic carbocycles. The molecular weight excluding hydrogens is 741 g/mol. The number of rotatable bonds is 9. The van der Waals surface area contributed by atoms with Crippen LogP contribution in [0.4, 0.5) is 34.1 Å². The summed E-state index contributed by atoms with van der Waals surface area (Å²) in [5.74, 6) is 0.768. The van der Waals surface area contributed by atoms with E-state index in [0.717, 1.165) is 49.8 Å². The summed E-state index contributed by atoms with van der Waals surface area (Å²) < 4.78 is 6.69. The molecular formula is C58H50N2O. The monoisotopic (exact) mass is 790 g/mol. The topological polar surface area (TPSA) is 19.6 Å². The summed E-state index contributed by atoms with van der Waals surface area (Å²) in [5, 5.41) is 6.99. The molecule has 0 aliphatic carbocycles. The molecule has 61 heavy (non-hydrogen) atoms. The van der Waals surface area contributed by atoms with Crippen molar-refractivity contribution >= 4 is 77.6 Å². The molecule has 0 aliphatic heterocycles. The first kappa shape index (κ1) is 38.1. The van der Waals surface area contributed by atoms with Crippen molar-refractivity contribution in [2.75, 3.05) is 9.80 Å². The molecule has 298 valence electrons. The zero-order chi connectivity index (χ0) is 41.8. The van der Waals surface area contributed by atoms with Gasteiger partial charge in [-0.05, 0) is 159 Å². The summed E-state index contributed by atoms with van der Waals surface area (Å²) in [6.07, 6.45) is 0. The lowest BCUT2D eigenvalue weighted by molar-refractivity contribution is 0.669. The first-order valence-corrected chi connectivity index (χ1v) is 21.6. The van der Waals surface area contributed by atoms with E-state index >= 15 is 0 Å². The van der Waals surface area contributed by atoms with E-state index in [4.69, 9.17) is 4.42 Å². The Morgan fingerprint density at radius 3 is 1.38 bits per heavy atom. The van der Waals surface area contributed by atoms with E-state index in [0.29, 0.717) is 11.8 Å². The molecule has 0 radical (unpaired) electrons. The van der Waals surface area contributed by atoms with Crippen molar-refractivity contribution in [3.05, 3.63) is 204 Å². The number of furan rings is 1. The van der Waals surface area contributed by atoms with Crippen LogP contribution < -0.4 is 9.80 Å². The minimum Gasteiger partial charge on any atom is -0.456 e. The maximum Gasteiger partial charge on any atom is 0.136 e. The molecule has 0 saturated heterocycles. The molecule has 0 unspecified atom stereocenters. The second kappa shape index (κ2) is 15.5. The van der Waals surface area contributed by atoms with Crippen LogP contribution in [0.1, 0.15) is 61.8 Å². The Labute approximate surface area is 359 Å². The summed E-state index contributed by atoms with van der Waals surface area (Å²) >= 11 is 0. The second-order valence-corrected chi connectivity index (χ2v) is 17.1. The van der Waals surface area contributed by atoms with Gasteiger partial charge >= 0.3 is 0 Å². The van der Waals surface area contributed by atoms with Crippen LogP contribution in [0.3, 0.4) is 0 Å².